The Morgan fingerprint density at radius 1 is 0.521 bits per heavy atom. The van der Waals surface area contributed by atoms with Crippen LogP contribution in [0, 0.1) is 0 Å². The van der Waals surface area contributed by atoms with Crippen molar-refractivity contribution in [1.82, 2.24) is 9.88 Å². The number of nitrogens with zero attached hydrogens (tertiary/aromatic N) is 1. The van der Waals surface area contributed by atoms with Crippen LogP contribution in [-0.2, 0) is 0 Å². The summed E-state index contributed by atoms with van der Waals surface area (Å²) in [4.78, 5) is 0. The fraction of sp³-hybridized carbons (Fsp3) is 0.0455. The summed E-state index contributed by atoms with van der Waals surface area (Å²) in [5.74, 6) is 0. The molecule has 0 fully saturated rings. The van der Waals surface area contributed by atoms with Crippen LogP contribution in [0.25, 0.3) is 58.8 Å². The number of fused-ring (bicyclic) bond motifs is 8. The van der Waals surface area contributed by atoms with Crippen LogP contribution in [-0.4, -0.2) is 4.57 Å². The van der Waals surface area contributed by atoms with E-state index in [9.17, 15) is 0 Å². The van der Waals surface area contributed by atoms with Gasteiger partial charge < -0.3 is 9.88 Å². The third kappa shape index (κ3) is 4.31. The first-order valence-corrected chi connectivity index (χ1v) is 17.3. The van der Waals surface area contributed by atoms with E-state index in [1.165, 1.54) is 69.8 Å². The van der Waals surface area contributed by atoms with Crippen molar-refractivity contribution in [2.75, 3.05) is 5.32 Å². The van der Waals surface area contributed by atoms with Crippen molar-refractivity contribution in [3.8, 4) is 16.8 Å². The normalized spacial score (nSPS) is 16.0. The van der Waals surface area contributed by atoms with Gasteiger partial charge in [-0.1, -0.05) is 127 Å². The Kier molecular flexibility index (Phi) is 6.26. The Balaban J connectivity index is 1.18. The molecule has 228 valence electrons. The molecule has 3 nitrogen and oxygen atoms in total. The summed E-state index contributed by atoms with van der Waals surface area (Å²) in [6.45, 7) is 0. The lowest BCUT2D eigenvalue weighted by Crippen LogP contribution is -2.37. The highest BCUT2D eigenvalue weighted by molar-refractivity contribution is 7.26. The molecule has 0 spiro atoms. The zero-order chi connectivity index (χ0) is 31.6. The molecular weight excluding hydrogens is 603 g/mol. The van der Waals surface area contributed by atoms with Gasteiger partial charge >= 0.3 is 0 Å². The van der Waals surface area contributed by atoms with Gasteiger partial charge in [-0.2, -0.15) is 0 Å². The average molecular weight is 634 g/mol. The van der Waals surface area contributed by atoms with E-state index in [1.807, 2.05) is 11.3 Å². The Morgan fingerprint density at radius 2 is 1.27 bits per heavy atom. The van der Waals surface area contributed by atoms with Crippen LogP contribution in [0.3, 0.4) is 0 Å². The number of hydrogen-bond acceptors (Lipinski definition) is 3. The van der Waals surface area contributed by atoms with Gasteiger partial charge in [-0.25, -0.2) is 0 Å². The van der Waals surface area contributed by atoms with Gasteiger partial charge in [0.25, 0.3) is 0 Å². The number of aromatic nitrogens is 1. The Morgan fingerprint density at radius 3 is 2.17 bits per heavy atom. The number of para-hydroxylation sites is 1. The van der Waals surface area contributed by atoms with Crippen LogP contribution in [0.5, 0.6) is 0 Å². The molecule has 0 radical (unpaired) electrons. The van der Waals surface area contributed by atoms with Crippen LogP contribution in [0.2, 0.25) is 0 Å². The number of anilines is 1. The van der Waals surface area contributed by atoms with Crippen LogP contribution >= 0.6 is 11.3 Å². The predicted octanol–water partition coefficient (Wildman–Crippen LogP) is 11.6. The molecule has 0 aliphatic carbocycles. The molecule has 0 bridgehead atoms. The van der Waals surface area contributed by atoms with Crippen molar-refractivity contribution in [2.45, 2.75) is 12.2 Å². The summed E-state index contributed by atoms with van der Waals surface area (Å²) in [6, 6.07) is 59.6. The minimum atomic E-state index is -0.0628. The van der Waals surface area contributed by atoms with Gasteiger partial charge in [-0.05, 0) is 64.2 Å². The maximum Gasteiger partial charge on any atom is 0.104 e. The third-order valence-corrected chi connectivity index (χ3v) is 11.1. The largest absolute Gasteiger partial charge is 0.366 e. The lowest BCUT2D eigenvalue weighted by Gasteiger charge is -2.35. The summed E-state index contributed by atoms with van der Waals surface area (Å²) < 4.78 is 5.13. The summed E-state index contributed by atoms with van der Waals surface area (Å²) >= 11 is 1.89. The molecule has 2 unspecified atom stereocenters. The minimum absolute atomic E-state index is 0.0628. The Bertz CT molecular complexity index is 2630. The molecular formula is C44H31N3S. The van der Waals surface area contributed by atoms with Crippen molar-refractivity contribution in [1.29, 1.82) is 0 Å². The number of nitrogens with one attached hydrogen (secondary N) is 2. The van der Waals surface area contributed by atoms with Crippen LogP contribution in [0.1, 0.15) is 28.9 Å². The Labute approximate surface area is 282 Å². The van der Waals surface area contributed by atoms with Gasteiger partial charge in [0.05, 0.1) is 21.8 Å². The predicted molar refractivity (Wildman–Crippen MR) is 203 cm³/mol. The van der Waals surface area contributed by atoms with Crippen LogP contribution in [0.15, 0.2) is 164 Å². The SMILES string of the molecule is c1ccc(-c2ccc3c(c2)c2ccc4c5ccccc5sc4c2n3-c2cccc(C3Nc4ccccc4C(c4ccccc4)N3)c2)cc1. The van der Waals surface area contributed by atoms with E-state index >= 15 is 0 Å². The van der Waals surface area contributed by atoms with Gasteiger partial charge in [0.1, 0.15) is 6.17 Å². The fourth-order valence-corrected chi connectivity index (χ4v) is 8.88. The van der Waals surface area contributed by atoms with E-state index < -0.39 is 0 Å². The zero-order valence-corrected chi connectivity index (χ0v) is 26.9. The first kappa shape index (κ1) is 27.4. The van der Waals surface area contributed by atoms with Crippen molar-refractivity contribution in [3.05, 3.63) is 180 Å². The molecule has 48 heavy (non-hydrogen) atoms. The van der Waals surface area contributed by atoms with E-state index in [2.05, 4.69) is 179 Å². The lowest BCUT2D eigenvalue weighted by molar-refractivity contribution is 0.506. The number of benzene rings is 7. The maximum absolute atomic E-state index is 3.94. The maximum atomic E-state index is 3.94. The van der Waals surface area contributed by atoms with Gasteiger partial charge in [-0.3, -0.25) is 5.32 Å². The van der Waals surface area contributed by atoms with Crippen molar-refractivity contribution in [2.24, 2.45) is 0 Å². The number of rotatable bonds is 4. The van der Waals surface area contributed by atoms with Crippen molar-refractivity contribution in [3.63, 3.8) is 0 Å². The minimum Gasteiger partial charge on any atom is -0.366 e. The first-order valence-electron chi connectivity index (χ1n) is 16.5. The monoisotopic (exact) mass is 633 g/mol. The van der Waals surface area contributed by atoms with Gasteiger partial charge in [-0.15, -0.1) is 11.3 Å². The highest BCUT2D eigenvalue weighted by Gasteiger charge is 2.28. The molecule has 2 aromatic heterocycles. The smallest absolute Gasteiger partial charge is 0.104 e. The molecule has 3 heterocycles. The molecule has 0 saturated heterocycles. The van der Waals surface area contributed by atoms with Gasteiger partial charge in [0.15, 0.2) is 0 Å². The quantitative estimate of drug-likeness (QED) is 0.202. The molecule has 10 rings (SSSR count). The standard InChI is InChI=1S/C44H31N3S/c1-3-12-28(13-4-1)30-22-25-39-37(27-30)34-23-24-35-33-18-8-10-21-40(33)48-43(35)42(34)47(39)32-17-11-16-31(26-32)44-45-38-20-9-7-19-36(38)41(46-44)29-14-5-2-6-15-29/h1-27,41,44-46H. The number of hydrogen-bond donors (Lipinski definition) is 2. The summed E-state index contributed by atoms with van der Waals surface area (Å²) in [7, 11) is 0. The summed E-state index contributed by atoms with van der Waals surface area (Å²) in [6.07, 6.45) is -0.0628. The van der Waals surface area contributed by atoms with E-state index in [4.69, 9.17) is 0 Å². The number of thiophene rings is 1. The Hall–Kier alpha value is -5.68. The summed E-state index contributed by atoms with van der Waals surface area (Å²) in [5.41, 5.74) is 11.0. The van der Waals surface area contributed by atoms with Crippen molar-refractivity contribution >= 4 is 59.0 Å². The zero-order valence-electron chi connectivity index (χ0n) is 26.1. The molecule has 0 saturated carbocycles. The molecule has 4 heteroatoms. The second-order valence-corrected chi connectivity index (χ2v) is 13.7. The molecule has 1 aliphatic rings. The molecule has 2 atom stereocenters. The van der Waals surface area contributed by atoms with Crippen LogP contribution < -0.4 is 10.6 Å². The van der Waals surface area contributed by atoms with Crippen LogP contribution in [0.4, 0.5) is 5.69 Å². The average Bonchev–Trinajstić information content (AvgIpc) is 3.71. The van der Waals surface area contributed by atoms with Gasteiger partial charge in [0.2, 0.25) is 0 Å². The molecule has 0 amide bonds. The van der Waals surface area contributed by atoms with E-state index in [1.54, 1.807) is 0 Å². The van der Waals surface area contributed by atoms with E-state index in [0.29, 0.717) is 0 Å². The first-order chi connectivity index (χ1) is 23.8. The lowest BCUT2D eigenvalue weighted by atomic mass is 9.93. The molecule has 2 N–H and O–H groups in total. The molecule has 7 aromatic carbocycles. The van der Waals surface area contributed by atoms with Crippen molar-refractivity contribution < 1.29 is 0 Å². The second kappa shape index (κ2) is 11.0. The topological polar surface area (TPSA) is 29.0 Å². The molecule has 1 aliphatic heterocycles. The third-order valence-electron chi connectivity index (χ3n) is 9.88. The highest BCUT2D eigenvalue weighted by atomic mass is 32.1. The van der Waals surface area contributed by atoms with Gasteiger partial charge in [0, 0.05) is 37.6 Å². The van der Waals surface area contributed by atoms with E-state index in [-0.39, 0.29) is 12.2 Å². The molecule has 9 aromatic rings. The fourth-order valence-electron chi connectivity index (χ4n) is 7.64. The highest BCUT2D eigenvalue weighted by Crippen LogP contribution is 2.44. The summed E-state index contributed by atoms with van der Waals surface area (Å²) in [5, 5.41) is 12.9. The second-order valence-electron chi connectivity index (χ2n) is 12.6. The van der Waals surface area contributed by atoms with E-state index in [0.717, 1.165) is 11.4 Å².